The number of anilines is 1. The molecule has 144 valence electrons. The molecule has 0 spiro atoms. The molecule has 10 heteroatoms. The first-order valence-corrected chi connectivity index (χ1v) is 9.33. The number of benzene rings is 1. The van der Waals surface area contributed by atoms with E-state index < -0.39 is 45.0 Å². The number of fused-ring (bicyclic) bond motifs is 5. The van der Waals surface area contributed by atoms with Crippen LogP contribution in [0, 0.1) is 17.7 Å². The van der Waals surface area contributed by atoms with Gasteiger partial charge in [0.05, 0.1) is 27.6 Å². The third kappa shape index (κ3) is 1.81. The highest BCUT2D eigenvalue weighted by atomic mass is 35.5. The number of para-hydroxylation sites is 1. The molecule has 1 aromatic carbocycles. The Labute approximate surface area is 173 Å². The van der Waals surface area contributed by atoms with Crippen molar-refractivity contribution in [1.82, 2.24) is 0 Å². The number of ether oxygens (including phenoxy) is 2. The lowest BCUT2D eigenvalue weighted by atomic mass is 9.84. The summed E-state index contributed by atoms with van der Waals surface area (Å²) in [5, 5.41) is -0.273. The van der Waals surface area contributed by atoms with E-state index in [-0.39, 0.29) is 15.8 Å². The minimum atomic E-state index is -1.86. The van der Waals surface area contributed by atoms with Gasteiger partial charge in [0, 0.05) is 14.2 Å². The average molecular weight is 455 g/mol. The molecule has 3 aliphatic rings. The van der Waals surface area contributed by atoms with Gasteiger partial charge in [-0.05, 0) is 12.1 Å². The lowest BCUT2D eigenvalue weighted by Crippen LogP contribution is -2.60. The van der Waals surface area contributed by atoms with Gasteiger partial charge in [-0.2, -0.15) is 0 Å². The fraction of sp³-hybridized carbons (Fsp3) is 0.412. The van der Waals surface area contributed by atoms with Crippen LogP contribution in [0.25, 0.3) is 0 Å². The zero-order chi connectivity index (χ0) is 19.9. The number of rotatable bonds is 3. The highest BCUT2D eigenvalue weighted by molar-refractivity contribution is 6.54. The monoisotopic (exact) mass is 453 g/mol. The third-order valence-corrected chi connectivity index (χ3v) is 8.23. The van der Waals surface area contributed by atoms with Crippen LogP contribution in [0.3, 0.4) is 0 Å². The van der Waals surface area contributed by atoms with Gasteiger partial charge >= 0.3 is 0 Å². The molecule has 0 aromatic heterocycles. The van der Waals surface area contributed by atoms with E-state index in [0.29, 0.717) is 0 Å². The molecule has 2 aliphatic carbocycles. The second-order valence-electron chi connectivity index (χ2n) is 6.49. The summed E-state index contributed by atoms with van der Waals surface area (Å²) in [6, 6.07) is 5.39. The van der Waals surface area contributed by atoms with Crippen LogP contribution in [0.2, 0.25) is 0 Å². The van der Waals surface area contributed by atoms with E-state index in [1.807, 2.05) is 0 Å². The Balaban J connectivity index is 1.96. The Morgan fingerprint density at radius 2 is 1.41 bits per heavy atom. The number of hydrogen-bond acceptors (Lipinski definition) is 4. The summed E-state index contributed by atoms with van der Waals surface area (Å²) in [6.45, 7) is 0. The van der Waals surface area contributed by atoms with Gasteiger partial charge in [-0.15, -0.1) is 23.2 Å². The summed E-state index contributed by atoms with van der Waals surface area (Å²) in [5.74, 6) is -6.62. The quantitative estimate of drug-likeness (QED) is 0.398. The maximum atomic E-state index is 14.3. The number of carbonyl (C=O) groups excluding carboxylic acids is 2. The molecule has 0 N–H and O–H groups in total. The average Bonchev–Trinajstić information content (AvgIpc) is 3.06. The SMILES string of the molecule is COC1(OC)[C@@]2(Cl)C(Cl)=C(Cl)[C@@]1(Cl)[C@H]1C(=O)N(c3ccccc3F)C(=O)[C@H]12. The molecule has 1 saturated heterocycles. The zero-order valence-electron chi connectivity index (χ0n) is 13.9. The van der Waals surface area contributed by atoms with Crippen molar-refractivity contribution in [2.45, 2.75) is 15.5 Å². The first-order valence-electron chi connectivity index (χ1n) is 7.81. The van der Waals surface area contributed by atoms with Gasteiger partial charge in [-0.25, -0.2) is 9.29 Å². The number of hydrogen-bond donors (Lipinski definition) is 0. The van der Waals surface area contributed by atoms with Gasteiger partial charge in [-0.3, -0.25) is 9.59 Å². The lowest BCUT2D eigenvalue weighted by molar-refractivity contribution is -0.221. The number of alkyl halides is 2. The van der Waals surface area contributed by atoms with E-state index in [4.69, 9.17) is 55.9 Å². The number of halogens is 5. The van der Waals surface area contributed by atoms with Crippen LogP contribution in [0.1, 0.15) is 0 Å². The molecule has 5 nitrogen and oxygen atoms in total. The van der Waals surface area contributed by atoms with Gasteiger partial charge in [0.2, 0.25) is 17.6 Å². The summed E-state index contributed by atoms with van der Waals surface area (Å²) < 4.78 is 25.3. The highest BCUT2D eigenvalue weighted by Crippen LogP contribution is 2.75. The van der Waals surface area contributed by atoms with Crippen molar-refractivity contribution < 1.29 is 23.5 Å². The number of nitrogens with zero attached hydrogens (tertiary/aromatic N) is 1. The van der Waals surface area contributed by atoms with Crippen molar-refractivity contribution in [3.8, 4) is 0 Å². The lowest BCUT2D eigenvalue weighted by Gasteiger charge is -2.42. The molecule has 1 heterocycles. The zero-order valence-corrected chi connectivity index (χ0v) is 17.0. The van der Waals surface area contributed by atoms with Crippen molar-refractivity contribution in [3.05, 3.63) is 40.1 Å². The maximum absolute atomic E-state index is 14.3. The second kappa shape index (κ2) is 5.81. The molecule has 1 aromatic rings. The maximum Gasteiger partial charge on any atom is 0.240 e. The van der Waals surface area contributed by atoms with E-state index in [1.54, 1.807) is 0 Å². The van der Waals surface area contributed by atoms with Crippen LogP contribution < -0.4 is 4.90 Å². The molecular weight excluding hydrogens is 443 g/mol. The first-order chi connectivity index (χ1) is 12.6. The fourth-order valence-electron chi connectivity index (χ4n) is 4.58. The van der Waals surface area contributed by atoms with Crippen LogP contribution in [-0.4, -0.2) is 41.6 Å². The van der Waals surface area contributed by atoms with Crippen LogP contribution >= 0.6 is 46.4 Å². The van der Waals surface area contributed by atoms with Gasteiger partial charge in [0.15, 0.2) is 0 Å². The largest absolute Gasteiger partial charge is 0.350 e. The number of amides is 2. The third-order valence-electron chi connectivity index (χ3n) is 5.62. The number of carbonyl (C=O) groups is 2. The Hall–Kier alpha value is -0.890. The van der Waals surface area contributed by atoms with Crippen molar-refractivity contribution in [3.63, 3.8) is 0 Å². The van der Waals surface area contributed by atoms with Crippen LogP contribution in [0.15, 0.2) is 34.3 Å². The van der Waals surface area contributed by atoms with E-state index in [9.17, 15) is 14.0 Å². The smallest absolute Gasteiger partial charge is 0.240 e. The molecule has 0 radical (unpaired) electrons. The van der Waals surface area contributed by atoms with Crippen molar-refractivity contribution in [1.29, 1.82) is 0 Å². The van der Waals surface area contributed by atoms with Crippen molar-refractivity contribution in [2.24, 2.45) is 11.8 Å². The summed E-state index contributed by atoms with van der Waals surface area (Å²) in [5.41, 5.74) is -0.200. The van der Waals surface area contributed by atoms with Gasteiger partial charge in [-0.1, -0.05) is 35.3 Å². The van der Waals surface area contributed by atoms with Gasteiger partial charge in [0.1, 0.15) is 15.6 Å². The highest BCUT2D eigenvalue weighted by Gasteiger charge is 2.89. The van der Waals surface area contributed by atoms with Crippen LogP contribution in [-0.2, 0) is 19.1 Å². The Bertz CT molecular complexity index is 874. The summed E-state index contributed by atoms with van der Waals surface area (Å²) in [7, 11) is 2.53. The predicted molar refractivity (Wildman–Crippen MR) is 98.5 cm³/mol. The van der Waals surface area contributed by atoms with Gasteiger partial charge < -0.3 is 9.47 Å². The number of imide groups is 1. The van der Waals surface area contributed by atoms with Crippen molar-refractivity contribution >= 4 is 63.9 Å². The number of methoxy groups -OCH3 is 2. The molecule has 2 amide bonds. The Morgan fingerprint density at radius 1 is 0.963 bits per heavy atom. The van der Waals surface area contributed by atoms with E-state index in [0.717, 1.165) is 11.0 Å². The summed E-state index contributed by atoms with van der Waals surface area (Å²) in [6.07, 6.45) is 0. The molecule has 1 saturated carbocycles. The molecule has 0 unspecified atom stereocenters. The molecule has 4 atom stereocenters. The molecular formula is C17H12Cl4FNO4. The minimum absolute atomic E-state index is 0.137. The summed E-state index contributed by atoms with van der Waals surface area (Å²) >= 11 is 26.3. The first kappa shape index (κ1) is 19.4. The van der Waals surface area contributed by atoms with Crippen molar-refractivity contribution in [2.75, 3.05) is 19.1 Å². The Kier molecular flexibility index (Phi) is 4.18. The predicted octanol–water partition coefficient (Wildman–Crippen LogP) is 3.59. The molecule has 2 bridgehead atoms. The standard InChI is InChI=1S/C17H12Cl4FNO4/c1-26-17(27-2)15(20)9-10(16(17,21)12(19)11(15)18)14(25)23(13(9)24)8-6-4-3-5-7(8)22/h3-6,9-10H,1-2H3/t9-,10+,15-,16-/m0/s1. The normalized spacial score (nSPS) is 36.8. The second-order valence-corrected chi connectivity index (χ2v) is 8.44. The summed E-state index contributed by atoms with van der Waals surface area (Å²) in [4.78, 5) is 23.5. The molecule has 1 aliphatic heterocycles. The molecule has 27 heavy (non-hydrogen) atoms. The fourth-order valence-corrected chi connectivity index (χ4v) is 6.74. The van der Waals surface area contributed by atoms with Crippen LogP contribution in [0.5, 0.6) is 0 Å². The van der Waals surface area contributed by atoms with Crippen LogP contribution in [0.4, 0.5) is 10.1 Å². The topological polar surface area (TPSA) is 55.8 Å². The molecule has 4 rings (SSSR count). The Morgan fingerprint density at radius 3 is 1.81 bits per heavy atom. The van der Waals surface area contributed by atoms with Gasteiger partial charge in [0.25, 0.3) is 0 Å². The minimum Gasteiger partial charge on any atom is -0.350 e. The molecule has 2 fully saturated rings. The van der Waals surface area contributed by atoms with E-state index in [1.165, 1.54) is 32.4 Å². The van der Waals surface area contributed by atoms with E-state index >= 15 is 0 Å². The van der Waals surface area contributed by atoms with E-state index in [2.05, 4.69) is 0 Å².